The van der Waals surface area contributed by atoms with Gasteiger partial charge in [0, 0.05) is 49.7 Å². The van der Waals surface area contributed by atoms with Crippen molar-refractivity contribution in [1.82, 2.24) is 14.7 Å². The molecule has 10 heteroatoms. The molecule has 2 aliphatic heterocycles. The number of aliphatic imine (C=N–C) groups is 1. The van der Waals surface area contributed by atoms with Gasteiger partial charge in [0.1, 0.15) is 17.8 Å². The van der Waals surface area contributed by atoms with Crippen LogP contribution in [-0.4, -0.2) is 57.4 Å². The van der Waals surface area contributed by atoms with Crippen LogP contribution in [0.5, 0.6) is 0 Å². The van der Waals surface area contributed by atoms with Crippen LogP contribution < -0.4 is 4.90 Å². The lowest BCUT2D eigenvalue weighted by Crippen LogP contribution is -2.53. The van der Waals surface area contributed by atoms with Crippen LogP contribution in [0.25, 0.3) is 0 Å². The van der Waals surface area contributed by atoms with Crippen molar-refractivity contribution in [2.45, 2.75) is 13.0 Å². The Morgan fingerprint density at radius 3 is 2.47 bits per heavy atom. The monoisotopic (exact) mass is 462 g/mol. The number of amides is 1. The number of carbonyl (C=O) groups excluding carboxylic acids is 1. The quantitative estimate of drug-likeness (QED) is 0.436. The molecule has 0 spiro atoms. The van der Waals surface area contributed by atoms with Crippen molar-refractivity contribution in [2.75, 3.05) is 31.1 Å². The van der Waals surface area contributed by atoms with E-state index in [1.165, 1.54) is 18.2 Å². The summed E-state index contributed by atoms with van der Waals surface area (Å²) in [5.41, 5.74) is 1.88. The Bertz CT molecular complexity index is 1260. The van der Waals surface area contributed by atoms with Gasteiger partial charge >= 0.3 is 0 Å². The molecule has 1 aromatic heterocycles. The number of rotatable bonds is 4. The van der Waals surface area contributed by atoms with Crippen molar-refractivity contribution < 1.29 is 14.1 Å². The fraction of sp³-hybridized carbons (Fsp3) is 0.292. The van der Waals surface area contributed by atoms with Gasteiger partial charge in [-0.2, -0.15) is 5.10 Å². The molecule has 0 saturated carbocycles. The molecule has 2 aromatic carbocycles. The summed E-state index contributed by atoms with van der Waals surface area (Å²) in [6.07, 6.45) is 1.59. The maximum Gasteiger partial charge on any atom is 0.274 e. The number of carbonyl (C=O) groups is 1. The topological polar surface area (TPSA) is 96.9 Å². The molecule has 1 fully saturated rings. The summed E-state index contributed by atoms with van der Waals surface area (Å²) >= 11 is 0. The summed E-state index contributed by atoms with van der Waals surface area (Å²) in [5, 5.41) is 16.2. The molecule has 0 bridgehead atoms. The van der Waals surface area contributed by atoms with E-state index in [4.69, 9.17) is 0 Å². The first-order chi connectivity index (χ1) is 16.4. The number of aromatic nitrogens is 2. The van der Waals surface area contributed by atoms with E-state index < -0.39 is 16.9 Å². The Morgan fingerprint density at radius 1 is 1.06 bits per heavy atom. The van der Waals surface area contributed by atoms with Crippen LogP contribution in [0, 0.1) is 21.8 Å². The highest BCUT2D eigenvalue weighted by Crippen LogP contribution is 2.40. The van der Waals surface area contributed by atoms with Crippen molar-refractivity contribution in [1.29, 1.82) is 0 Å². The smallest absolute Gasteiger partial charge is 0.274 e. The average Bonchev–Trinajstić information content (AvgIpc) is 3.31. The fourth-order valence-corrected chi connectivity index (χ4v) is 4.79. The first-order valence-electron chi connectivity index (χ1n) is 11.1. The van der Waals surface area contributed by atoms with Crippen LogP contribution in [0.1, 0.15) is 18.5 Å². The minimum absolute atomic E-state index is 0.0532. The highest BCUT2D eigenvalue weighted by molar-refractivity contribution is 6.05. The zero-order valence-corrected chi connectivity index (χ0v) is 18.5. The van der Waals surface area contributed by atoms with E-state index >= 15 is 0 Å². The minimum atomic E-state index is -0.717. The van der Waals surface area contributed by atoms with Crippen molar-refractivity contribution in [2.24, 2.45) is 10.9 Å². The number of anilines is 1. The third kappa shape index (κ3) is 3.81. The Morgan fingerprint density at radius 2 is 1.76 bits per heavy atom. The third-order valence-electron chi connectivity index (χ3n) is 6.47. The van der Waals surface area contributed by atoms with Crippen LogP contribution in [0.15, 0.2) is 65.8 Å². The number of halogens is 1. The maximum atomic E-state index is 13.8. The number of nitrogens with zero attached hydrogens (tertiary/aromatic N) is 6. The molecule has 9 nitrogen and oxygen atoms in total. The molecule has 5 rings (SSSR count). The van der Waals surface area contributed by atoms with E-state index in [1.807, 2.05) is 0 Å². The van der Waals surface area contributed by atoms with E-state index in [1.54, 1.807) is 59.1 Å². The molecule has 0 N–H and O–H groups in total. The number of para-hydroxylation sites is 1. The molecule has 1 amide bonds. The molecule has 3 heterocycles. The number of hydrogen-bond acceptors (Lipinski definition) is 6. The Kier molecular flexibility index (Phi) is 5.56. The maximum absolute atomic E-state index is 13.8. The van der Waals surface area contributed by atoms with Crippen LogP contribution in [0.2, 0.25) is 0 Å². The fourth-order valence-electron chi connectivity index (χ4n) is 4.79. The predicted octanol–water partition coefficient (Wildman–Crippen LogP) is 3.59. The third-order valence-corrected chi connectivity index (χ3v) is 6.47. The van der Waals surface area contributed by atoms with Crippen LogP contribution in [-0.2, 0) is 4.79 Å². The Hall–Kier alpha value is -4.08. The lowest BCUT2D eigenvalue weighted by Gasteiger charge is -2.39. The minimum Gasteiger partial charge on any atom is -0.368 e. The lowest BCUT2D eigenvalue weighted by atomic mass is 9.86. The van der Waals surface area contributed by atoms with E-state index in [0.717, 1.165) is 5.69 Å². The number of nitro groups is 1. The average molecular weight is 462 g/mol. The van der Waals surface area contributed by atoms with Gasteiger partial charge in [-0.05, 0) is 37.3 Å². The van der Waals surface area contributed by atoms with Crippen LogP contribution in [0.4, 0.5) is 21.6 Å². The highest BCUT2D eigenvalue weighted by Gasteiger charge is 2.43. The number of hydrogen-bond donors (Lipinski definition) is 0. The van der Waals surface area contributed by atoms with E-state index in [2.05, 4.69) is 15.0 Å². The van der Waals surface area contributed by atoms with Gasteiger partial charge in [-0.1, -0.05) is 12.1 Å². The van der Waals surface area contributed by atoms with Crippen LogP contribution in [0.3, 0.4) is 0 Å². The van der Waals surface area contributed by atoms with Gasteiger partial charge in [0.15, 0.2) is 5.82 Å². The molecule has 3 aromatic rings. The predicted molar refractivity (Wildman–Crippen MR) is 125 cm³/mol. The summed E-state index contributed by atoms with van der Waals surface area (Å²) in [4.78, 5) is 33.6. The summed E-state index contributed by atoms with van der Waals surface area (Å²) < 4.78 is 14.9. The van der Waals surface area contributed by atoms with Gasteiger partial charge in [0.05, 0.1) is 16.7 Å². The Balaban J connectivity index is 1.44. The summed E-state index contributed by atoms with van der Waals surface area (Å²) in [5.74, 6) is -0.579. The second-order valence-electron chi connectivity index (χ2n) is 8.41. The SMILES string of the molecule is CC1=Nc2ccnn2C(c2ccccc2[N+](=O)[O-])C1C(=O)N1CCN(c2ccc(F)cc2)CC1. The molecule has 2 aliphatic rings. The zero-order chi connectivity index (χ0) is 23.8. The molecule has 34 heavy (non-hydrogen) atoms. The molecular weight excluding hydrogens is 439 g/mol. The molecular formula is C24H23FN6O3. The van der Waals surface area contributed by atoms with E-state index in [-0.39, 0.29) is 17.4 Å². The van der Waals surface area contributed by atoms with Gasteiger partial charge in [0.25, 0.3) is 5.69 Å². The molecule has 2 atom stereocenters. The molecule has 2 unspecified atom stereocenters. The first kappa shape index (κ1) is 21.7. The normalized spacial score (nSPS) is 20.0. The van der Waals surface area contributed by atoms with Gasteiger partial charge in [0.2, 0.25) is 5.91 Å². The first-order valence-corrected chi connectivity index (χ1v) is 11.1. The van der Waals surface area contributed by atoms with E-state index in [9.17, 15) is 19.3 Å². The second-order valence-corrected chi connectivity index (χ2v) is 8.41. The van der Waals surface area contributed by atoms with Crippen molar-refractivity contribution in [3.05, 3.63) is 82.3 Å². The number of fused-ring (bicyclic) bond motifs is 1. The van der Waals surface area contributed by atoms with Crippen molar-refractivity contribution in [3.63, 3.8) is 0 Å². The second kappa shape index (κ2) is 8.69. The van der Waals surface area contributed by atoms with Gasteiger partial charge < -0.3 is 9.80 Å². The lowest BCUT2D eigenvalue weighted by molar-refractivity contribution is -0.385. The van der Waals surface area contributed by atoms with Crippen molar-refractivity contribution in [3.8, 4) is 0 Å². The number of benzene rings is 2. The van der Waals surface area contributed by atoms with Gasteiger partial charge in [-0.3, -0.25) is 14.9 Å². The number of piperazine rings is 1. The highest BCUT2D eigenvalue weighted by atomic mass is 19.1. The van der Waals surface area contributed by atoms with Gasteiger partial charge in [-0.25, -0.2) is 14.1 Å². The summed E-state index contributed by atoms with van der Waals surface area (Å²) in [7, 11) is 0. The van der Waals surface area contributed by atoms with Crippen molar-refractivity contribution >= 4 is 28.8 Å². The largest absolute Gasteiger partial charge is 0.368 e. The van der Waals surface area contributed by atoms with Gasteiger partial charge in [-0.15, -0.1) is 0 Å². The molecule has 0 radical (unpaired) electrons. The zero-order valence-electron chi connectivity index (χ0n) is 18.5. The summed E-state index contributed by atoms with van der Waals surface area (Å²) in [6, 6.07) is 13.8. The summed E-state index contributed by atoms with van der Waals surface area (Å²) in [6.45, 7) is 3.95. The van der Waals surface area contributed by atoms with E-state index in [0.29, 0.717) is 43.3 Å². The molecule has 1 saturated heterocycles. The van der Waals surface area contributed by atoms with Crippen LogP contribution >= 0.6 is 0 Å². The molecule has 174 valence electrons. The number of nitro benzene ring substituents is 1. The Labute approximate surface area is 195 Å². The standard InChI is InChI=1S/C24H23FN6O3/c1-16-22(24(32)29-14-12-28(13-15-29)18-8-6-17(25)7-9-18)23(30-21(27-16)10-11-26-30)19-4-2-3-5-20(19)31(33)34/h2-11,22-23H,12-15H2,1H3. The molecule has 0 aliphatic carbocycles.